The van der Waals surface area contributed by atoms with E-state index < -0.39 is 23.8 Å². The molecule has 3 aliphatic rings. The monoisotopic (exact) mass is 405 g/mol. The molecule has 1 atom stereocenters. The van der Waals surface area contributed by atoms with E-state index in [1.807, 2.05) is 0 Å². The third-order valence-electron chi connectivity index (χ3n) is 6.01. The minimum Gasteiger partial charge on any atom is -0.442 e. The van der Waals surface area contributed by atoms with E-state index in [9.17, 15) is 13.6 Å². The smallest absolute Gasteiger partial charge is 0.414 e. The molecule has 0 unspecified atom stereocenters. The largest absolute Gasteiger partial charge is 0.442 e. The fraction of sp³-hybridized carbons (Fsp3) is 0.526. The van der Waals surface area contributed by atoms with E-state index in [4.69, 9.17) is 9.47 Å². The summed E-state index contributed by atoms with van der Waals surface area (Å²) in [4.78, 5) is 15.2. The third-order valence-corrected chi connectivity index (χ3v) is 6.01. The Balaban J connectivity index is 1.31. The minimum atomic E-state index is -0.673. The van der Waals surface area contributed by atoms with Crippen LogP contribution in [-0.4, -0.2) is 60.0 Å². The van der Waals surface area contributed by atoms with Crippen molar-refractivity contribution in [2.24, 2.45) is 5.41 Å². The van der Waals surface area contributed by atoms with Gasteiger partial charge < -0.3 is 14.4 Å². The number of benzene rings is 1. The number of piperidine rings is 1. The molecule has 0 radical (unpaired) electrons. The van der Waals surface area contributed by atoms with E-state index in [-0.39, 0.29) is 23.3 Å². The van der Waals surface area contributed by atoms with E-state index in [0.29, 0.717) is 19.6 Å². The van der Waals surface area contributed by atoms with Crippen molar-refractivity contribution in [2.45, 2.75) is 25.5 Å². The molecular weight excluding hydrogens is 384 g/mol. The second kappa shape index (κ2) is 6.94. The maximum absolute atomic E-state index is 14.9. The molecule has 0 bridgehead atoms. The molecule has 1 spiro atoms. The molecule has 3 saturated heterocycles. The van der Waals surface area contributed by atoms with Crippen LogP contribution in [0.3, 0.4) is 0 Å². The van der Waals surface area contributed by atoms with Crippen LogP contribution >= 0.6 is 0 Å². The lowest BCUT2D eigenvalue weighted by Gasteiger charge is -2.47. The molecule has 3 fully saturated rings. The Morgan fingerprint density at radius 2 is 1.90 bits per heavy atom. The Kier molecular flexibility index (Phi) is 4.38. The van der Waals surface area contributed by atoms with E-state index in [0.717, 1.165) is 26.1 Å². The molecule has 0 aliphatic carbocycles. The van der Waals surface area contributed by atoms with Gasteiger partial charge in [0.05, 0.1) is 38.2 Å². The highest BCUT2D eigenvalue weighted by atomic mass is 19.1. The SMILES string of the molecule is O=C1O[C@@H](Cn2ccnn2)CN1c1cc(F)c(N2CCC3(CC2)COC3)c(F)c1. The van der Waals surface area contributed by atoms with E-state index in [1.165, 1.54) is 23.2 Å². The van der Waals surface area contributed by atoms with Gasteiger partial charge in [0.15, 0.2) is 11.6 Å². The van der Waals surface area contributed by atoms with Gasteiger partial charge in [-0.3, -0.25) is 4.90 Å². The first kappa shape index (κ1) is 18.3. The summed E-state index contributed by atoms with van der Waals surface area (Å²) in [5.74, 6) is -1.35. The van der Waals surface area contributed by atoms with Crippen LogP contribution in [0.5, 0.6) is 0 Å². The zero-order chi connectivity index (χ0) is 20.0. The van der Waals surface area contributed by atoms with Crippen LogP contribution in [0.2, 0.25) is 0 Å². The number of amides is 1. The average Bonchev–Trinajstić information content (AvgIpc) is 3.30. The summed E-state index contributed by atoms with van der Waals surface area (Å²) in [6.07, 6.45) is 3.79. The molecule has 1 aromatic heterocycles. The summed E-state index contributed by atoms with van der Waals surface area (Å²) < 4.78 is 41.9. The Hall–Kier alpha value is -2.75. The van der Waals surface area contributed by atoms with Crippen LogP contribution in [0.4, 0.5) is 25.0 Å². The molecule has 4 heterocycles. The number of aromatic nitrogens is 3. The van der Waals surface area contributed by atoms with Crippen molar-refractivity contribution in [3.05, 3.63) is 36.2 Å². The average molecular weight is 405 g/mol. The van der Waals surface area contributed by atoms with Crippen molar-refractivity contribution in [1.82, 2.24) is 15.0 Å². The topological polar surface area (TPSA) is 72.7 Å². The fourth-order valence-electron chi connectivity index (χ4n) is 4.26. The van der Waals surface area contributed by atoms with Crippen molar-refractivity contribution in [1.29, 1.82) is 0 Å². The molecule has 1 aromatic carbocycles. The number of hydrogen-bond donors (Lipinski definition) is 0. The van der Waals surface area contributed by atoms with Crippen molar-refractivity contribution in [2.75, 3.05) is 42.6 Å². The molecule has 154 valence electrons. The van der Waals surface area contributed by atoms with Crippen LogP contribution < -0.4 is 9.80 Å². The maximum Gasteiger partial charge on any atom is 0.414 e. The number of ether oxygens (including phenoxy) is 2. The summed E-state index contributed by atoms with van der Waals surface area (Å²) in [5, 5.41) is 7.54. The van der Waals surface area contributed by atoms with E-state index in [1.54, 1.807) is 15.8 Å². The highest BCUT2D eigenvalue weighted by Gasteiger charge is 2.42. The fourth-order valence-corrected chi connectivity index (χ4v) is 4.26. The van der Waals surface area contributed by atoms with Gasteiger partial charge in [-0.2, -0.15) is 0 Å². The van der Waals surface area contributed by atoms with Gasteiger partial charge in [-0.25, -0.2) is 18.3 Å². The second-order valence-electron chi connectivity index (χ2n) is 7.98. The summed E-state index contributed by atoms with van der Waals surface area (Å²) >= 11 is 0. The number of carbonyl (C=O) groups is 1. The maximum atomic E-state index is 14.9. The minimum absolute atomic E-state index is 0.0319. The normalized spacial score (nSPS) is 23.4. The van der Waals surface area contributed by atoms with Crippen LogP contribution in [-0.2, 0) is 16.0 Å². The van der Waals surface area contributed by atoms with E-state index in [2.05, 4.69) is 10.3 Å². The summed E-state index contributed by atoms with van der Waals surface area (Å²) in [6.45, 7) is 3.15. The van der Waals surface area contributed by atoms with Gasteiger partial charge in [-0.05, 0) is 12.8 Å². The van der Waals surface area contributed by atoms with Crippen molar-refractivity contribution < 1.29 is 23.0 Å². The Labute approximate surface area is 166 Å². The first-order valence-corrected chi connectivity index (χ1v) is 9.67. The van der Waals surface area contributed by atoms with Gasteiger partial charge in [0.25, 0.3) is 0 Å². The first-order valence-electron chi connectivity index (χ1n) is 9.67. The molecule has 10 heteroatoms. The number of anilines is 2. The van der Waals surface area contributed by atoms with Gasteiger partial charge in [0, 0.05) is 36.8 Å². The number of nitrogens with zero attached hydrogens (tertiary/aromatic N) is 5. The predicted molar refractivity (Wildman–Crippen MR) is 98.7 cm³/mol. The van der Waals surface area contributed by atoms with Crippen molar-refractivity contribution in [3.8, 4) is 0 Å². The van der Waals surface area contributed by atoms with Gasteiger partial charge in [0.2, 0.25) is 0 Å². The van der Waals surface area contributed by atoms with E-state index >= 15 is 0 Å². The lowest BCUT2D eigenvalue weighted by molar-refractivity contribution is -0.124. The second-order valence-corrected chi connectivity index (χ2v) is 7.98. The first-order chi connectivity index (χ1) is 14.0. The molecule has 29 heavy (non-hydrogen) atoms. The number of carbonyl (C=O) groups excluding carboxylic acids is 1. The Morgan fingerprint density at radius 1 is 1.17 bits per heavy atom. The lowest BCUT2D eigenvalue weighted by Crippen LogP contribution is -2.51. The van der Waals surface area contributed by atoms with Gasteiger partial charge >= 0.3 is 6.09 Å². The standard InChI is InChI=1S/C19H21F2N5O3/c20-15-7-13(26-10-14(29-18(26)27)9-25-6-3-22-23-25)8-16(21)17(15)24-4-1-19(2-5-24)11-28-12-19/h3,6-8,14H,1-2,4-5,9-12H2/t14-/m0/s1. The van der Waals surface area contributed by atoms with Crippen LogP contribution in [0.15, 0.2) is 24.5 Å². The van der Waals surface area contributed by atoms with Crippen LogP contribution in [0.1, 0.15) is 12.8 Å². The van der Waals surface area contributed by atoms with Crippen LogP contribution in [0.25, 0.3) is 0 Å². The van der Waals surface area contributed by atoms with Gasteiger partial charge in [-0.1, -0.05) is 5.21 Å². The van der Waals surface area contributed by atoms with Gasteiger partial charge in [-0.15, -0.1) is 5.10 Å². The molecule has 3 aliphatic heterocycles. The number of rotatable bonds is 4. The summed E-state index contributed by atoms with van der Waals surface area (Å²) in [5.41, 5.74) is 0.299. The number of cyclic esters (lactones) is 1. The lowest BCUT2D eigenvalue weighted by atomic mass is 9.77. The molecular formula is C19H21F2N5O3. The summed E-state index contributed by atoms with van der Waals surface area (Å²) in [6, 6.07) is 2.41. The van der Waals surface area contributed by atoms with Crippen molar-refractivity contribution >= 4 is 17.5 Å². The molecule has 2 aromatic rings. The number of hydrogen-bond acceptors (Lipinski definition) is 6. The molecule has 1 amide bonds. The van der Waals surface area contributed by atoms with Gasteiger partial charge in [0.1, 0.15) is 11.8 Å². The third kappa shape index (κ3) is 3.31. The predicted octanol–water partition coefficient (Wildman–Crippen LogP) is 2.20. The highest BCUT2D eigenvalue weighted by Crippen LogP contribution is 2.41. The number of halogens is 2. The zero-order valence-electron chi connectivity index (χ0n) is 15.8. The molecule has 5 rings (SSSR count). The zero-order valence-corrected chi connectivity index (χ0v) is 15.8. The Bertz CT molecular complexity index is 886. The highest BCUT2D eigenvalue weighted by molar-refractivity contribution is 5.90. The molecule has 8 nitrogen and oxygen atoms in total. The Morgan fingerprint density at radius 3 is 2.48 bits per heavy atom. The molecule has 0 N–H and O–H groups in total. The van der Waals surface area contributed by atoms with Crippen molar-refractivity contribution in [3.63, 3.8) is 0 Å². The van der Waals surface area contributed by atoms with Crippen LogP contribution in [0, 0.1) is 17.0 Å². The summed E-state index contributed by atoms with van der Waals surface area (Å²) in [7, 11) is 0. The molecule has 0 saturated carbocycles. The quantitative estimate of drug-likeness (QED) is 0.777.